The summed E-state index contributed by atoms with van der Waals surface area (Å²) in [5, 5.41) is 2.84. The van der Waals surface area contributed by atoms with Gasteiger partial charge >= 0.3 is 0 Å². The van der Waals surface area contributed by atoms with Gasteiger partial charge < -0.3 is 10.3 Å². The third kappa shape index (κ3) is 2.90. The molecule has 2 N–H and O–H groups in total. The Labute approximate surface area is 139 Å². The Kier molecular flexibility index (Phi) is 4.00. The molecular weight excluding hydrogens is 363 g/mol. The number of carbonyl (C=O) groups is 1. The van der Waals surface area contributed by atoms with Gasteiger partial charge in [-0.05, 0) is 42.8 Å². The molecule has 0 saturated carbocycles. The molecular formula is C17H12BrFN2O2. The zero-order valence-electron chi connectivity index (χ0n) is 12.1. The SMILES string of the molecule is Cc1cc(Br)ccc1NC(=O)c1c[nH]c2c(F)cccc2c1=O. The van der Waals surface area contributed by atoms with E-state index in [0.29, 0.717) is 5.69 Å². The van der Waals surface area contributed by atoms with Crippen molar-refractivity contribution >= 4 is 38.4 Å². The Morgan fingerprint density at radius 1 is 1.26 bits per heavy atom. The van der Waals surface area contributed by atoms with Crippen molar-refractivity contribution in [3.63, 3.8) is 0 Å². The fourth-order valence-electron chi connectivity index (χ4n) is 2.34. The van der Waals surface area contributed by atoms with E-state index < -0.39 is 17.2 Å². The third-order valence-corrected chi connectivity index (χ3v) is 4.04. The Morgan fingerprint density at radius 2 is 2.04 bits per heavy atom. The van der Waals surface area contributed by atoms with Gasteiger partial charge in [-0.3, -0.25) is 9.59 Å². The summed E-state index contributed by atoms with van der Waals surface area (Å²) in [7, 11) is 0. The molecule has 6 heteroatoms. The molecule has 0 fully saturated rings. The molecule has 1 heterocycles. The second-order valence-electron chi connectivity index (χ2n) is 5.11. The molecule has 0 atom stereocenters. The summed E-state index contributed by atoms with van der Waals surface area (Å²) in [4.78, 5) is 27.4. The number of aromatic amines is 1. The number of hydrogen-bond acceptors (Lipinski definition) is 2. The molecule has 0 saturated heterocycles. The average molecular weight is 375 g/mol. The zero-order valence-corrected chi connectivity index (χ0v) is 13.7. The molecule has 1 aromatic heterocycles. The van der Waals surface area contributed by atoms with Crippen molar-refractivity contribution in [2.75, 3.05) is 5.32 Å². The van der Waals surface area contributed by atoms with E-state index in [2.05, 4.69) is 26.2 Å². The Balaban J connectivity index is 2.01. The van der Waals surface area contributed by atoms with Gasteiger partial charge in [0.05, 0.1) is 5.52 Å². The van der Waals surface area contributed by atoms with Gasteiger partial charge in [0.25, 0.3) is 5.91 Å². The number of benzene rings is 2. The standard InChI is InChI=1S/C17H12BrFN2O2/c1-9-7-10(18)5-6-14(9)21-17(23)12-8-20-15-11(16(12)22)3-2-4-13(15)19/h2-8H,1H3,(H,20,22)(H,21,23). The highest BCUT2D eigenvalue weighted by Gasteiger charge is 2.15. The molecule has 0 aliphatic heterocycles. The monoisotopic (exact) mass is 374 g/mol. The number of H-pyrrole nitrogens is 1. The zero-order chi connectivity index (χ0) is 16.6. The largest absolute Gasteiger partial charge is 0.358 e. The van der Waals surface area contributed by atoms with Crippen LogP contribution in [0, 0.1) is 12.7 Å². The van der Waals surface area contributed by atoms with E-state index in [1.54, 1.807) is 12.1 Å². The lowest BCUT2D eigenvalue weighted by molar-refractivity contribution is 0.102. The number of carbonyl (C=O) groups excluding carboxylic acids is 1. The molecule has 4 nitrogen and oxygen atoms in total. The van der Waals surface area contributed by atoms with Crippen molar-refractivity contribution in [1.29, 1.82) is 0 Å². The second kappa shape index (κ2) is 5.96. The van der Waals surface area contributed by atoms with Crippen LogP contribution in [0.25, 0.3) is 10.9 Å². The summed E-state index contributed by atoms with van der Waals surface area (Å²) in [6.45, 7) is 1.85. The van der Waals surface area contributed by atoms with Crippen molar-refractivity contribution in [3.8, 4) is 0 Å². The smallest absolute Gasteiger partial charge is 0.261 e. The van der Waals surface area contributed by atoms with Crippen LogP contribution in [-0.4, -0.2) is 10.9 Å². The highest BCUT2D eigenvalue weighted by atomic mass is 79.9. The Hall–Kier alpha value is -2.47. The van der Waals surface area contributed by atoms with Crippen LogP contribution in [0.4, 0.5) is 10.1 Å². The summed E-state index contributed by atoms with van der Waals surface area (Å²) >= 11 is 3.35. The van der Waals surface area contributed by atoms with Gasteiger partial charge in [0, 0.05) is 21.7 Å². The molecule has 3 rings (SSSR count). The predicted molar refractivity (Wildman–Crippen MR) is 91.4 cm³/mol. The maximum atomic E-state index is 13.7. The molecule has 0 unspecified atom stereocenters. The first-order valence-electron chi connectivity index (χ1n) is 6.85. The average Bonchev–Trinajstić information content (AvgIpc) is 2.51. The molecule has 1 amide bonds. The van der Waals surface area contributed by atoms with Crippen molar-refractivity contribution < 1.29 is 9.18 Å². The van der Waals surface area contributed by atoms with Crippen molar-refractivity contribution in [1.82, 2.24) is 4.98 Å². The lowest BCUT2D eigenvalue weighted by Gasteiger charge is -2.09. The normalized spacial score (nSPS) is 10.7. The van der Waals surface area contributed by atoms with Gasteiger partial charge in [0.2, 0.25) is 5.43 Å². The number of halogens is 2. The van der Waals surface area contributed by atoms with Gasteiger partial charge in [0.1, 0.15) is 11.4 Å². The van der Waals surface area contributed by atoms with Crippen LogP contribution in [0.1, 0.15) is 15.9 Å². The van der Waals surface area contributed by atoms with Gasteiger partial charge in [-0.1, -0.05) is 22.0 Å². The number of rotatable bonds is 2. The van der Waals surface area contributed by atoms with E-state index in [1.165, 1.54) is 24.4 Å². The minimum Gasteiger partial charge on any atom is -0.358 e. The van der Waals surface area contributed by atoms with Crippen LogP contribution in [0.5, 0.6) is 0 Å². The molecule has 23 heavy (non-hydrogen) atoms. The molecule has 0 spiro atoms. The summed E-state index contributed by atoms with van der Waals surface area (Å²) in [6.07, 6.45) is 1.23. The molecule has 0 bridgehead atoms. The fraction of sp³-hybridized carbons (Fsp3) is 0.0588. The van der Waals surface area contributed by atoms with Crippen molar-refractivity contribution in [2.45, 2.75) is 6.92 Å². The highest BCUT2D eigenvalue weighted by molar-refractivity contribution is 9.10. The first-order chi connectivity index (χ1) is 11.0. The molecule has 0 radical (unpaired) electrons. The maximum absolute atomic E-state index is 13.7. The maximum Gasteiger partial charge on any atom is 0.261 e. The predicted octanol–water partition coefficient (Wildman–Crippen LogP) is 3.99. The van der Waals surface area contributed by atoms with Crippen LogP contribution in [0.3, 0.4) is 0 Å². The quantitative estimate of drug-likeness (QED) is 0.712. The number of aryl methyl sites for hydroxylation is 1. The van der Waals surface area contributed by atoms with Crippen molar-refractivity contribution in [3.05, 3.63) is 74.2 Å². The first-order valence-corrected chi connectivity index (χ1v) is 7.64. The van der Waals surface area contributed by atoms with Gasteiger partial charge in [-0.25, -0.2) is 4.39 Å². The molecule has 0 aliphatic carbocycles. The minimum absolute atomic E-state index is 0.0644. The number of pyridine rings is 1. The molecule has 116 valence electrons. The van der Waals surface area contributed by atoms with Crippen LogP contribution in [0.2, 0.25) is 0 Å². The van der Waals surface area contributed by atoms with Crippen LogP contribution in [0.15, 0.2) is 51.9 Å². The molecule has 0 aliphatic rings. The number of aromatic nitrogens is 1. The summed E-state index contributed by atoms with van der Waals surface area (Å²) in [5.74, 6) is -1.07. The topological polar surface area (TPSA) is 62.0 Å². The summed E-state index contributed by atoms with van der Waals surface area (Å²) in [5.41, 5.74) is 0.984. The summed E-state index contributed by atoms with van der Waals surface area (Å²) in [6, 6.07) is 9.57. The Bertz CT molecular complexity index is 982. The molecule has 2 aromatic carbocycles. The van der Waals surface area contributed by atoms with Crippen LogP contribution >= 0.6 is 15.9 Å². The number of fused-ring (bicyclic) bond motifs is 1. The lowest BCUT2D eigenvalue weighted by Crippen LogP contribution is -2.22. The number of amides is 1. The fourth-order valence-corrected chi connectivity index (χ4v) is 2.82. The highest BCUT2D eigenvalue weighted by Crippen LogP contribution is 2.20. The van der Waals surface area contributed by atoms with E-state index in [1.807, 2.05) is 13.0 Å². The summed E-state index contributed by atoms with van der Waals surface area (Å²) < 4.78 is 14.6. The third-order valence-electron chi connectivity index (χ3n) is 3.54. The van der Waals surface area contributed by atoms with E-state index in [9.17, 15) is 14.0 Å². The van der Waals surface area contributed by atoms with E-state index in [-0.39, 0.29) is 16.5 Å². The first kappa shape index (κ1) is 15.4. The van der Waals surface area contributed by atoms with Crippen LogP contribution in [-0.2, 0) is 0 Å². The number of hydrogen-bond donors (Lipinski definition) is 2. The minimum atomic E-state index is -0.539. The molecule has 3 aromatic rings. The van der Waals surface area contributed by atoms with E-state index in [0.717, 1.165) is 10.0 Å². The van der Waals surface area contributed by atoms with Crippen molar-refractivity contribution in [2.24, 2.45) is 0 Å². The number of nitrogens with one attached hydrogen (secondary N) is 2. The van der Waals surface area contributed by atoms with Gasteiger partial charge in [-0.2, -0.15) is 0 Å². The van der Waals surface area contributed by atoms with E-state index >= 15 is 0 Å². The Morgan fingerprint density at radius 3 is 2.78 bits per heavy atom. The second-order valence-corrected chi connectivity index (χ2v) is 6.02. The van der Waals surface area contributed by atoms with Gasteiger partial charge in [-0.15, -0.1) is 0 Å². The van der Waals surface area contributed by atoms with Gasteiger partial charge in [0.15, 0.2) is 0 Å². The number of para-hydroxylation sites is 1. The van der Waals surface area contributed by atoms with E-state index in [4.69, 9.17) is 0 Å². The van der Waals surface area contributed by atoms with Crippen LogP contribution < -0.4 is 10.7 Å². The lowest BCUT2D eigenvalue weighted by atomic mass is 10.1. The number of anilines is 1.